The summed E-state index contributed by atoms with van der Waals surface area (Å²) in [6.45, 7) is 1.55. The van der Waals surface area contributed by atoms with Crippen LogP contribution < -0.4 is 15.6 Å². The molecule has 0 fully saturated rings. The smallest absolute Gasteiger partial charge is 0.238 e. The minimum atomic E-state index is -4.04. The van der Waals surface area contributed by atoms with Gasteiger partial charge in [-0.25, -0.2) is 22.0 Å². The van der Waals surface area contributed by atoms with Crippen molar-refractivity contribution < 1.29 is 21.6 Å². The Balaban J connectivity index is 2.77. The molecule has 124 valence electrons. The topological polar surface area (TPSA) is 130 Å². The van der Waals surface area contributed by atoms with Crippen molar-refractivity contribution in [2.24, 2.45) is 5.14 Å². The van der Waals surface area contributed by atoms with Crippen LogP contribution in [0.3, 0.4) is 0 Å². The highest BCUT2D eigenvalue weighted by Crippen LogP contribution is 2.33. The molecule has 9 heteroatoms. The summed E-state index contributed by atoms with van der Waals surface area (Å²) in [7, 11) is -6.74. The molecule has 0 amide bonds. The van der Waals surface area contributed by atoms with Crippen LogP contribution in [-0.4, -0.2) is 23.9 Å². The van der Waals surface area contributed by atoms with Gasteiger partial charge in [-0.05, 0) is 42.8 Å². The number of nitrogens with two attached hydrogens (primary N) is 2. The summed E-state index contributed by atoms with van der Waals surface area (Å²) in [4.78, 5) is -0.605. The van der Waals surface area contributed by atoms with Crippen molar-refractivity contribution in [1.29, 1.82) is 0 Å². The first kappa shape index (κ1) is 17.3. The van der Waals surface area contributed by atoms with Gasteiger partial charge in [0.15, 0.2) is 0 Å². The van der Waals surface area contributed by atoms with Crippen LogP contribution in [0, 0.1) is 6.92 Å². The van der Waals surface area contributed by atoms with Crippen LogP contribution in [0.25, 0.3) is 0 Å². The minimum absolute atomic E-state index is 0.111. The lowest BCUT2D eigenvalue weighted by Gasteiger charge is -2.13. The molecule has 2 aromatic carbocycles. The minimum Gasteiger partial charge on any atom is -0.495 e. The summed E-state index contributed by atoms with van der Waals surface area (Å²) < 4.78 is 53.8. The molecule has 23 heavy (non-hydrogen) atoms. The van der Waals surface area contributed by atoms with Crippen molar-refractivity contribution in [2.75, 3.05) is 12.8 Å². The molecule has 2 aromatic rings. The molecule has 0 spiro atoms. The van der Waals surface area contributed by atoms with Gasteiger partial charge in [0.1, 0.15) is 10.6 Å². The number of primary sulfonamides is 1. The zero-order valence-corrected chi connectivity index (χ0v) is 14.1. The molecule has 0 bridgehead atoms. The fourth-order valence-electron chi connectivity index (χ4n) is 2.07. The molecule has 7 nitrogen and oxygen atoms in total. The van der Waals surface area contributed by atoms with Crippen molar-refractivity contribution in [1.82, 2.24) is 0 Å². The number of benzene rings is 2. The maximum atomic E-state index is 12.9. The lowest BCUT2D eigenvalue weighted by Crippen LogP contribution is -2.14. The normalized spacial score (nSPS) is 12.1. The number of aryl methyl sites for hydroxylation is 1. The van der Waals surface area contributed by atoms with E-state index >= 15 is 0 Å². The standard InChI is InChI=1S/C14H16N2O5S2/c1-9-3-5-11(23(16,19)20)8-13(9)22(17,18)14-7-10(15)4-6-12(14)21-2/h3-8H,15H2,1-2H3,(H2,16,19,20). The van der Waals surface area contributed by atoms with E-state index in [1.807, 2.05) is 0 Å². The van der Waals surface area contributed by atoms with Gasteiger partial charge >= 0.3 is 0 Å². The van der Waals surface area contributed by atoms with E-state index < -0.39 is 19.9 Å². The molecule has 0 radical (unpaired) electrons. The molecule has 0 aliphatic heterocycles. The average molecular weight is 356 g/mol. The number of anilines is 1. The predicted molar refractivity (Wildman–Crippen MR) is 85.4 cm³/mol. The Labute approximate surface area is 134 Å². The molecule has 0 unspecified atom stereocenters. The van der Waals surface area contributed by atoms with E-state index in [-0.39, 0.29) is 26.1 Å². The third-order valence-corrected chi connectivity index (χ3v) is 6.08. The number of sulfonamides is 1. The third kappa shape index (κ3) is 3.31. The fraction of sp³-hybridized carbons (Fsp3) is 0.143. The summed E-state index contributed by atoms with van der Waals surface area (Å²) in [5.74, 6) is 0.111. The van der Waals surface area contributed by atoms with Gasteiger partial charge < -0.3 is 10.5 Å². The molecule has 0 heterocycles. The Kier molecular flexibility index (Phi) is 4.38. The lowest BCUT2D eigenvalue weighted by molar-refractivity contribution is 0.403. The van der Waals surface area contributed by atoms with Gasteiger partial charge in [-0.2, -0.15) is 0 Å². The first-order chi connectivity index (χ1) is 10.6. The van der Waals surface area contributed by atoms with E-state index in [0.29, 0.717) is 5.56 Å². The number of hydrogen-bond donors (Lipinski definition) is 2. The Morgan fingerprint density at radius 1 is 0.957 bits per heavy atom. The monoisotopic (exact) mass is 356 g/mol. The second-order valence-electron chi connectivity index (χ2n) is 4.89. The molecule has 0 aliphatic carbocycles. The summed E-state index contributed by atoms with van der Waals surface area (Å²) in [5.41, 5.74) is 6.28. The van der Waals surface area contributed by atoms with E-state index in [4.69, 9.17) is 15.6 Å². The van der Waals surface area contributed by atoms with Gasteiger partial charge in [-0.15, -0.1) is 0 Å². The van der Waals surface area contributed by atoms with Crippen LogP contribution in [0.15, 0.2) is 51.1 Å². The lowest BCUT2D eigenvalue weighted by atomic mass is 10.2. The number of sulfone groups is 1. The van der Waals surface area contributed by atoms with Crippen molar-refractivity contribution in [3.05, 3.63) is 42.0 Å². The third-order valence-electron chi connectivity index (χ3n) is 3.25. The Morgan fingerprint density at radius 3 is 2.17 bits per heavy atom. The molecule has 0 aromatic heterocycles. The number of rotatable bonds is 4. The summed E-state index contributed by atoms with van der Waals surface area (Å²) >= 11 is 0. The number of methoxy groups -OCH3 is 1. The van der Waals surface area contributed by atoms with E-state index in [9.17, 15) is 16.8 Å². The summed E-state index contributed by atoms with van der Waals surface area (Å²) in [6, 6.07) is 7.86. The van der Waals surface area contributed by atoms with Crippen LogP contribution in [0.1, 0.15) is 5.56 Å². The zero-order valence-electron chi connectivity index (χ0n) is 12.5. The van der Waals surface area contributed by atoms with Gasteiger partial charge in [0.2, 0.25) is 19.9 Å². The van der Waals surface area contributed by atoms with Crippen LogP contribution >= 0.6 is 0 Å². The highest BCUT2D eigenvalue weighted by molar-refractivity contribution is 7.92. The van der Waals surface area contributed by atoms with Gasteiger partial charge in [-0.1, -0.05) is 6.07 Å². The van der Waals surface area contributed by atoms with Gasteiger partial charge in [-0.3, -0.25) is 0 Å². The molecular weight excluding hydrogens is 340 g/mol. The number of ether oxygens (including phenoxy) is 1. The number of nitrogen functional groups attached to an aromatic ring is 1. The van der Waals surface area contributed by atoms with Crippen LogP contribution in [0.2, 0.25) is 0 Å². The van der Waals surface area contributed by atoms with Gasteiger partial charge in [0.25, 0.3) is 0 Å². The average Bonchev–Trinajstić information content (AvgIpc) is 2.46. The van der Waals surface area contributed by atoms with E-state index in [2.05, 4.69) is 0 Å². The fourth-order valence-corrected chi connectivity index (χ4v) is 4.40. The highest BCUT2D eigenvalue weighted by atomic mass is 32.2. The van der Waals surface area contributed by atoms with E-state index in [1.165, 1.54) is 37.4 Å². The van der Waals surface area contributed by atoms with Gasteiger partial charge in [0.05, 0.1) is 16.9 Å². The first-order valence-electron chi connectivity index (χ1n) is 6.39. The van der Waals surface area contributed by atoms with Crippen molar-refractivity contribution in [3.8, 4) is 5.75 Å². The summed E-state index contributed by atoms with van der Waals surface area (Å²) in [5, 5.41) is 5.07. The van der Waals surface area contributed by atoms with Crippen molar-refractivity contribution in [3.63, 3.8) is 0 Å². The van der Waals surface area contributed by atoms with Crippen LogP contribution in [-0.2, 0) is 19.9 Å². The highest BCUT2D eigenvalue weighted by Gasteiger charge is 2.26. The first-order valence-corrected chi connectivity index (χ1v) is 9.42. The second-order valence-corrected chi connectivity index (χ2v) is 8.33. The van der Waals surface area contributed by atoms with Crippen LogP contribution in [0.5, 0.6) is 5.75 Å². The van der Waals surface area contributed by atoms with E-state index in [0.717, 1.165) is 6.07 Å². The Hall–Kier alpha value is -2.10. The zero-order chi connectivity index (χ0) is 17.4. The molecular formula is C14H16N2O5S2. The maximum Gasteiger partial charge on any atom is 0.238 e. The quantitative estimate of drug-likeness (QED) is 0.788. The number of hydrogen-bond acceptors (Lipinski definition) is 6. The van der Waals surface area contributed by atoms with E-state index in [1.54, 1.807) is 6.92 Å². The molecule has 0 saturated heterocycles. The summed E-state index contributed by atoms with van der Waals surface area (Å²) in [6.07, 6.45) is 0. The SMILES string of the molecule is COc1ccc(N)cc1S(=O)(=O)c1cc(S(N)(=O)=O)ccc1C. The van der Waals surface area contributed by atoms with Crippen LogP contribution in [0.4, 0.5) is 5.69 Å². The molecule has 0 aliphatic rings. The Bertz CT molecular complexity index is 967. The van der Waals surface area contributed by atoms with Crippen molar-refractivity contribution in [2.45, 2.75) is 21.6 Å². The molecule has 0 atom stereocenters. The van der Waals surface area contributed by atoms with Crippen molar-refractivity contribution >= 4 is 25.5 Å². The Morgan fingerprint density at radius 2 is 1.61 bits per heavy atom. The maximum absolute atomic E-state index is 12.9. The predicted octanol–water partition coefficient (Wildman–Crippen LogP) is 1.07. The van der Waals surface area contributed by atoms with Gasteiger partial charge in [0, 0.05) is 5.69 Å². The molecule has 0 saturated carbocycles. The second kappa shape index (κ2) is 5.84. The molecule has 2 rings (SSSR count). The largest absolute Gasteiger partial charge is 0.495 e. The molecule has 4 N–H and O–H groups in total.